The van der Waals surface area contributed by atoms with Crippen molar-refractivity contribution < 1.29 is 47.4 Å². The summed E-state index contributed by atoms with van der Waals surface area (Å²) in [4.78, 5) is 0. The molecule has 0 radical (unpaired) electrons. The lowest BCUT2D eigenvalue weighted by molar-refractivity contribution is 0.287. The van der Waals surface area contributed by atoms with Gasteiger partial charge in [0.2, 0.25) is 0 Å². The molecule has 0 aliphatic heterocycles. The van der Waals surface area contributed by atoms with Crippen molar-refractivity contribution in [3.63, 3.8) is 0 Å². The maximum Gasteiger partial charge on any atom is 0.134 e. The molecule has 139 heavy (non-hydrogen) atoms. The minimum absolute atomic E-state index is 0.0300. The Morgan fingerprint density at radius 3 is 0.554 bits per heavy atom. The number of hydrogen-bond acceptors (Lipinski definition) is 18. The molecule has 4 aromatic heterocycles. The predicted octanol–water partition coefficient (Wildman–Crippen LogP) is 24.2. The number of benzene rings is 21. The van der Waals surface area contributed by atoms with Crippen LogP contribution in [0.15, 0.2) is 304 Å². The zero-order valence-corrected chi connectivity index (χ0v) is 76.7. The fourth-order valence-corrected chi connectivity index (χ4v) is 21.5. The number of rotatable bonds is 22. The van der Waals surface area contributed by atoms with E-state index in [0.29, 0.717) is 86.7 Å². The summed E-state index contributed by atoms with van der Waals surface area (Å²) >= 11 is 0. The fraction of sp³-hybridized carbons (Fsp3) is 0.128. The fourth-order valence-electron chi connectivity index (χ4n) is 21.5. The molecule has 0 unspecified atom stereocenters. The van der Waals surface area contributed by atoms with Crippen LogP contribution in [0, 0.1) is 0 Å². The number of nitrogens with zero attached hydrogens (tertiary/aromatic N) is 12. The number of ether oxygens (including phenoxy) is 10. The van der Waals surface area contributed by atoms with Gasteiger partial charge in [-0.1, -0.05) is 215 Å². The molecule has 4 heterocycles. The molecule has 674 valence electrons. The minimum atomic E-state index is 0.0300. The molecule has 0 amide bonds. The molecule has 0 saturated heterocycles. The Labute approximate surface area is 795 Å². The number of hydrogen-bond donors (Lipinski definition) is 0. The largest absolute Gasteiger partial charge is 0.496 e. The van der Waals surface area contributed by atoms with E-state index < -0.39 is 0 Å². The second-order valence-corrected chi connectivity index (χ2v) is 36.0. The van der Waals surface area contributed by atoms with E-state index in [0.717, 1.165) is 121 Å². The Hall–Kier alpha value is -17.7. The number of aromatic nitrogens is 12. The van der Waals surface area contributed by atoms with E-state index in [1.165, 1.54) is 86.2 Å². The van der Waals surface area contributed by atoms with Gasteiger partial charge in [0.05, 0.1) is 90.2 Å². The molecule has 0 spiro atoms. The monoisotopic (exact) mass is 1820 g/mol. The lowest BCUT2D eigenvalue weighted by Crippen LogP contribution is -2.07. The summed E-state index contributed by atoms with van der Waals surface area (Å²) in [5.41, 5.74) is 13.8. The summed E-state index contributed by atoms with van der Waals surface area (Å²) in [6.45, 7) is 0.130. The first-order chi connectivity index (χ1) is 68.5. The number of methoxy groups -OCH3 is 6. The summed E-state index contributed by atoms with van der Waals surface area (Å²) in [6.07, 6.45) is 9.19. The summed E-state index contributed by atoms with van der Waals surface area (Å²) in [5, 5.41) is 66.3. The third-order valence-corrected chi connectivity index (χ3v) is 28.1. The molecule has 0 fully saturated rings. The highest BCUT2D eigenvalue weighted by Crippen LogP contribution is 2.48. The van der Waals surface area contributed by atoms with Crippen molar-refractivity contribution in [1.82, 2.24) is 60.0 Å². The lowest BCUT2D eigenvalue weighted by atomic mass is 9.93. The highest BCUT2D eigenvalue weighted by Gasteiger charge is 2.29. The van der Waals surface area contributed by atoms with Crippen LogP contribution in [0.1, 0.15) is 78.4 Å². The molecule has 35 rings (SSSR count). The van der Waals surface area contributed by atoms with E-state index in [-0.39, 0.29) is 52.1 Å². The molecule has 10 bridgehead atoms. The average Bonchev–Trinajstić information content (AvgIpc) is 1.52. The van der Waals surface area contributed by atoms with Crippen LogP contribution in [-0.2, 0) is 58.5 Å². The van der Waals surface area contributed by atoms with Crippen molar-refractivity contribution in [1.29, 1.82) is 0 Å². The first-order valence-corrected chi connectivity index (χ1v) is 46.3. The predicted molar refractivity (Wildman–Crippen MR) is 543 cm³/mol. The van der Waals surface area contributed by atoms with E-state index in [1.54, 1.807) is 42.7 Å². The van der Waals surface area contributed by atoms with Gasteiger partial charge < -0.3 is 47.4 Å². The topological polar surface area (TPSA) is 215 Å². The quantitative estimate of drug-likeness (QED) is 0.0577. The van der Waals surface area contributed by atoms with E-state index in [9.17, 15) is 0 Å². The van der Waals surface area contributed by atoms with Crippen LogP contribution in [0.3, 0.4) is 0 Å². The van der Waals surface area contributed by atoms with Gasteiger partial charge in [0.1, 0.15) is 107 Å². The van der Waals surface area contributed by atoms with E-state index in [1.807, 2.05) is 79.9 Å². The Morgan fingerprint density at radius 2 is 0.360 bits per heavy atom. The summed E-state index contributed by atoms with van der Waals surface area (Å²) in [5.74, 6) is 5.78. The first kappa shape index (κ1) is 82.1. The second kappa shape index (κ2) is 33.2. The van der Waals surface area contributed by atoms with Gasteiger partial charge in [0.15, 0.2) is 0 Å². The van der Waals surface area contributed by atoms with Crippen LogP contribution in [0.4, 0.5) is 0 Å². The van der Waals surface area contributed by atoms with Gasteiger partial charge >= 0.3 is 0 Å². The Kier molecular flexibility index (Phi) is 19.6. The molecule has 0 N–H and O–H groups in total. The van der Waals surface area contributed by atoms with Crippen molar-refractivity contribution in [3.8, 4) is 80.2 Å². The lowest BCUT2D eigenvalue weighted by Gasteiger charge is -2.21. The third-order valence-electron chi connectivity index (χ3n) is 28.1. The normalized spacial score (nSPS) is 12.5. The van der Waals surface area contributed by atoms with Gasteiger partial charge in [-0.05, 0) is 193 Å². The highest BCUT2D eigenvalue weighted by atomic mass is 16.5. The van der Waals surface area contributed by atoms with Crippen molar-refractivity contribution in [3.05, 3.63) is 382 Å². The highest BCUT2D eigenvalue weighted by molar-refractivity contribution is 6.28. The van der Waals surface area contributed by atoms with Gasteiger partial charge in [-0.2, -0.15) is 0 Å². The zero-order chi connectivity index (χ0) is 92.8. The van der Waals surface area contributed by atoms with Gasteiger partial charge in [0.25, 0.3) is 0 Å². The molecule has 22 nitrogen and oxygen atoms in total. The smallest absolute Gasteiger partial charge is 0.134 e. The van der Waals surface area contributed by atoms with E-state index >= 15 is 0 Å². The van der Waals surface area contributed by atoms with Crippen molar-refractivity contribution >= 4 is 129 Å². The van der Waals surface area contributed by atoms with Crippen LogP contribution in [0.5, 0.6) is 57.5 Å². The van der Waals surface area contributed by atoms with Gasteiger partial charge in [-0.25, -0.2) is 18.7 Å². The van der Waals surface area contributed by atoms with Crippen molar-refractivity contribution in [2.75, 3.05) is 42.7 Å². The molecule has 10 aliphatic rings. The average molecular weight is 1820 g/mol. The maximum absolute atomic E-state index is 7.28. The maximum atomic E-state index is 7.28. The van der Waals surface area contributed by atoms with E-state index in [4.69, 9.17) is 88.6 Å². The molecule has 21 aromatic carbocycles. The standard InChI is InChI=1S/C117H86N12O10/c1-130-100-50-80-44-84-54-108(138-64-90-60-128(124-120-90)98-41-33-76-25-21-68-13-9-17-72-29-37-94(98)116(76)112(68)72)86(56-106(84)136-62-88-58-126(122-118-88)96-39-31-74-23-19-66-11-7-15-70-27-35-92(96)114(74)110(66)70)46-82-52-105(135-6)83(53-104(82)134-5)47-87-57-107(137-63-89-59-127(123-119-89)97-40-32-75-24-20-67-12-8-16-71-28-36-93(97)115(75)111(67)71)85(45-81-51-101(131-2)79(49-103(81)133-4)43-78(100)48-102(80)132-3)55-109(87)139-65-91-61-129(125-121-91)99-42-34-77-26-22-69-14-10-18-73-30-38-95(99)117(77)113(69)73/h7-42,48-61H,43-47,62-65H2,1-6H3. The van der Waals surface area contributed by atoms with Gasteiger partial charge in [-0.3, -0.25) is 0 Å². The Morgan fingerprint density at radius 1 is 0.194 bits per heavy atom. The molecule has 25 aromatic rings. The van der Waals surface area contributed by atoms with Crippen molar-refractivity contribution in [2.24, 2.45) is 0 Å². The Bertz CT molecular complexity index is 8630. The molecule has 0 saturated carbocycles. The van der Waals surface area contributed by atoms with Crippen LogP contribution >= 0.6 is 0 Å². The third kappa shape index (κ3) is 14.0. The Balaban J connectivity index is 0.615. The summed E-state index contributed by atoms with van der Waals surface area (Å²) < 4.78 is 75.6. The summed E-state index contributed by atoms with van der Waals surface area (Å²) in [7, 11) is 10.1. The molecular formula is C117H86N12O10. The first-order valence-electron chi connectivity index (χ1n) is 46.3. The SMILES string of the molecule is COc1cc2c(OC)cc1Cc1cc(OC)c(cc1OC)Cc1cc(OCc3cn(-c4ccc5ccc6cccc7ccc4c5c67)nn3)c(cc1OCc1cn(-c3ccc4ccc5cccc6ccc3c4c56)nn1)Cc1cc(OC)c(cc1OC)Cc1cc(OCc3cn(-c4ccc5ccc6cccc7ccc4c5c67)nn3)c(cc1OCc1cn(-c3ccc4ccc5cccc6ccc3c4c56)nn1)C2. The minimum Gasteiger partial charge on any atom is -0.496 e. The second-order valence-electron chi connectivity index (χ2n) is 36.0. The molecule has 0 atom stereocenters. The van der Waals surface area contributed by atoms with Crippen LogP contribution < -0.4 is 47.4 Å². The van der Waals surface area contributed by atoms with Crippen molar-refractivity contribution in [2.45, 2.75) is 58.5 Å². The van der Waals surface area contributed by atoms with Gasteiger partial charge in [-0.15, -0.1) is 20.4 Å². The van der Waals surface area contributed by atoms with Crippen LogP contribution in [0.2, 0.25) is 0 Å². The molecule has 10 aliphatic carbocycles. The van der Waals surface area contributed by atoms with Crippen LogP contribution in [0.25, 0.3) is 152 Å². The zero-order valence-electron chi connectivity index (χ0n) is 76.7. The summed E-state index contributed by atoms with van der Waals surface area (Å²) in [6, 6.07) is 98.2. The molecule has 22 heteroatoms. The van der Waals surface area contributed by atoms with E-state index in [2.05, 4.69) is 243 Å². The van der Waals surface area contributed by atoms with Crippen LogP contribution in [-0.4, -0.2) is 103 Å². The van der Waals surface area contributed by atoms with Gasteiger partial charge in [0, 0.05) is 109 Å². The molecular weight excluding hydrogens is 1730 g/mol.